The van der Waals surface area contributed by atoms with Gasteiger partial charge in [0.2, 0.25) is 11.8 Å². The van der Waals surface area contributed by atoms with Crippen molar-refractivity contribution in [1.29, 1.82) is 0 Å². The first kappa shape index (κ1) is 19.0. The van der Waals surface area contributed by atoms with Crippen molar-refractivity contribution in [3.8, 4) is 5.75 Å². The number of methoxy groups -OCH3 is 1. The molecular weight excluding hydrogens is 412 g/mol. The summed E-state index contributed by atoms with van der Waals surface area (Å²) in [6.45, 7) is -0.0379. The van der Waals surface area contributed by atoms with Crippen LogP contribution in [0.25, 0.3) is 11.0 Å². The molecule has 0 fully saturated rings. The molecule has 3 rings (SSSR count). The topological polar surface area (TPSA) is 71.8 Å². The third-order valence-electron chi connectivity index (χ3n) is 4.16. The molecule has 0 radical (unpaired) electrons. The highest BCUT2D eigenvalue weighted by Gasteiger charge is 2.17. The molecule has 0 saturated carbocycles. The number of para-hydroxylation sites is 1. The number of nitrogens with one attached hydrogen (secondary N) is 1. The minimum atomic E-state index is -0.264. The Labute approximate surface area is 165 Å². The summed E-state index contributed by atoms with van der Waals surface area (Å²) >= 11 is 3.38. The molecule has 0 atom stereocenters. The molecule has 7 heteroatoms. The van der Waals surface area contributed by atoms with Gasteiger partial charge in [-0.1, -0.05) is 12.1 Å². The minimum Gasteiger partial charge on any atom is -0.497 e. The predicted molar refractivity (Wildman–Crippen MR) is 107 cm³/mol. The summed E-state index contributed by atoms with van der Waals surface area (Å²) in [6, 6.07) is 12.8. The largest absolute Gasteiger partial charge is 0.497 e. The molecule has 0 spiro atoms. The standard InChI is InChI=1S/C20H19BrN2O4/c1-23(11-19(24)22-17-6-4-3-5-16(17)21)20(25)9-13-12-27-18-10-14(26-2)7-8-15(13)18/h3-8,10,12H,9,11H2,1-2H3,(H,22,24). The van der Waals surface area contributed by atoms with Crippen LogP contribution in [0, 0.1) is 0 Å². The van der Waals surface area contributed by atoms with Crippen LogP contribution >= 0.6 is 15.9 Å². The first-order valence-corrected chi connectivity index (χ1v) is 9.09. The molecule has 140 valence electrons. The van der Waals surface area contributed by atoms with E-state index in [1.165, 1.54) is 4.90 Å². The molecule has 27 heavy (non-hydrogen) atoms. The first-order valence-electron chi connectivity index (χ1n) is 8.30. The Morgan fingerprint density at radius 1 is 1.22 bits per heavy atom. The molecule has 0 unspecified atom stereocenters. The van der Waals surface area contributed by atoms with Crippen molar-refractivity contribution in [2.75, 3.05) is 26.0 Å². The molecule has 6 nitrogen and oxygen atoms in total. The first-order chi connectivity index (χ1) is 13.0. The van der Waals surface area contributed by atoms with Crippen LogP contribution in [0.5, 0.6) is 5.75 Å². The molecule has 0 aliphatic heterocycles. The molecule has 3 aromatic rings. The van der Waals surface area contributed by atoms with E-state index >= 15 is 0 Å². The van der Waals surface area contributed by atoms with Gasteiger partial charge < -0.3 is 19.4 Å². The second-order valence-electron chi connectivity index (χ2n) is 6.08. The molecule has 1 heterocycles. The lowest BCUT2D eigenvalue weighted by molar-refractivity contribution is -0.132. The molecule has 2 aromatic carbocycles. The van der Waals surface area contributed by atoms with E-state index in [9.17, 15) is 9.59 Å². The van der Waals surface area contributed by atoms with E-state index < -0.39 is 0 Å². The predicted octanol–water partition coefficient (Wildman–Crippen LogP) is 3.84. The van der Waals surface area contributed by atoms with Gasteiger partial charge in [0.05, 0.1) is 32.0 Å². The van der Waals surface area contributed by atoms with Crippen molar-refractivity contribution >= 4 is 44.4 Å². The number of hydrogen-bond donors (Lipinski definition) is 1. The van der Waals surface area contributed by atoms with Gasteiger partial charge in [0.1, 0.15) is 11.3 Å². The van der Waals surface area contributed by atoms with Crippen molar-refractivity contribution in [3.63, 3.8) is 0 Å². The SMILES string of the molecule is COc1ccc2c(CC(=O)N(C)CC(=O)Nc3ccccc3Br)coc2c1. The minimum absolute atomic E-state index is 0.0379. The molecule has 1 N–H and O–H groups in total. The molecular formula is C20H19BrN2O4. The Bertz CT molecular complexity index is 983. The summed E-state index contributed by atoms with van der Waals surface area (Å²) in [5.41, 5.74) is 2.10. The summed E-state index contributed by atoms with van der Waals surface area (Å²) in [5.74, 6) is 0.255. The van der Waals surface area contributed by atoms with Crippen LogP contribution in [0.15, 0.2) is 57.6 Å². The fourth-order valence-electron chi connectivity index (χ4n) is 2.68. The van der Waals surface area contributed by atoms with E-state index in [2.05, 4.69) is 21.2 Å². The van der Waals surface area contributed by atoms with Crippen molar-refractivity contribution in [2.45, 2.75) is 6.42 Å². The van der Waals surface area contributed by atoms with E-state index in [0.29, 0.717) is 17.0 Å². The summed E-state index contributed by atoms with van der Waals surface area (Å²) in [6.07, 6.45) is 1.72. The maximum atomic E-state index is 12.5. The highest BCUT2D eigenvalue weighted by atomic mass is 79.9. The highest BCUT2D eigenvalue weighted by molar-refractivity contribution is 9.10. The Morgan fingerprint density at radius 3 is 2.74 bits per heavy atom. The Morgan fingerprint density at radius 2 is 2.00 bits per heavy atom. The number of ether oxygens (including phenoxy) is 1. The van der Waals surface area contributed by atoms with Gasteiger partial charge in [-0.15, -0.1) is 0 Å². The smallest absolute Gasteiger partial charge is 0.244 e. The Kier molecular flexibility index (Phi) is 5.81. The quantitative estimate of drug-likeness (QED) is 0.644. The van der Waals surface area contributed by atoms with Crippen LogP contribution in [-0.4, -0.2) is 37.4 Å². The number of furan rings is 1. The summed E-state index contributed by atoms with van der Waals surface area (Å²) in [4.78, 5) is 26.1. The fraction of sp³-hybridized carbons (Fsp3) is 0.200. The molecule has 0 aliphatic rings. The third-order valence-corrected chi connectivity index (χ3v) is 4.85. The van der Waals surface area contributed by atoms with Crippen LogP contribution in [0.1, 0.15) is 5.56 Å². The number of rotatable bonds is 6. The number of carbonyl (C=O) groups is 2. The summed E-state index contributed by atoms with van der Waals surface area (Å²) in [5, 5.41) is 3.64. The average molecular weight is 431 g/mol. The third kappa shape index (κ3) is 4.49. The maximum Gasteiger partial charge on any atom is 0.244 e. The van der Waals surface area contributed by atoms with Gasteiger partial charge in [0, 0.05) is 28.5 Å². The number of nitrogens with zero attached hydrogens (tertiary/aromatic N) is 1. The number of hydrogen-bond acceptors (Lipinski definition) is 4. The second kappa shape index (κ2) is 8.26. The number of likely N-dealkylation sites (N-methyl/N-ethyl adjacent to an activating group) is 1. The van der Waals surface area contributed by atoms with Gasteiger partial charge in [-0.05, 0) is 40.2 Å². The van der Waals surface area contributed by atoms with E-state index in [4.69, 9.17) is 9.15 Å². The van der Waals surface area contributed by atoms with E-state index in [1.807, 2.05) is 30.3 Å². The van der Waals surface area contributed by atoms with Crippen molar-refractivity contribution in [2.24, 2.45) is 0 Å². The zero-order chi connectivity index (χ0) is 19.4. The Balaban J connectivity index is 1.62. The van der Waals surface area contributed by atoms with E-state index in [-0.39, 0.29) is 24.8 Å². The van der Waals surface area contributed by atoms with Crippen LogP contribution in [0.3, 0.4) is 0 Å². The van der Waals surface area contributed by atoms with Gasteiger partial charge >= 0.3 is 0 Å². The average Bonchev–Trinajstić information content (AvgIpc) is 3.05. The van der Waals surface area contributed by atoms with E-state index in [1.54, 1.807) is 32.6 Å². The molecule has 0 aliphatic carbocycles. The normalized spacial score (nSPS) is 10.6. The molecule has 2 amide bonds. The van der Waals surface area contributed by atoms with Gasteiger partial charge in [-0.3, -0.25) is 9.59 Å². The van der Waals surface area contributed by atoms with Crippen LogP contribution < -0.4 is 10.1 Å². The zero-order valence-electron chi connectivity index (χ0n) is 15.0. The highest BCUT2D eigenvalue weighted by Crippen LogP contribution is 2.26. The number of anilines is 1. The second-order valence-corrected chi connectivity index (χ2v) is 6.93. The number of carbonyl (C=O) groups excluding carboxylic acids is 2. The summed E-state index contributed by atoms with van der Waals surface area (Å²) in [7, 11) is 3.19. The lowest BCUT2D eigenvalue weighted by Crippen LogP contribution is -2.35. The number of fused-ring (bicyclic) bond motifs is 1. The monoisotopic (exact) mass is 430 g/mol. The number of amides is 2. The molecule has 0 saturated heterocycles. The lowest BCUT2D eigenvalue weighted by atomic mass is 10.1. The summed E-state index contributed by atoms with van der Waals surface area (Å²) < 4.78 is 11.5. The molecule has 0 bridgehead atoms. The Hall–Kier alpha value is -2.80. The van der Waals surface area contributed by atoms with Crippen molar-refractivity contribution in [3.05, 3.63) is 58.8 Å². The van der Waals surface area contributed by atoms with Crippen LogP contribution in [-0.2, 0) is 16.0 Å². The van der Waals surface area contributed by atoms with Gasteiger partial charge in [-0.25, -0.2) is 0 Å². The van der Waals surface area contributed by atoms with Gasteiger partial charge in [0.25, 0.3) is 0 Å². The number of benzene rings is 2. The van der Waals surface area contributed by atoms with Crippen molar-refractivity contribution < 1.29 is 18.7 Å². The van der Waals surface area contributed by atoms with Crippen molar-refractivity contribution in [1.82, 2.24) is 4.90 Å². The van der Waals surface area contributed by atoms with Gasteiger partial charge in [-0.2, -0.15) is 0 Å². The van der Waals surface area contributed by atoms with E-state index in [0.717, 1.165) is 15.4 Å². The molecule has 1 aromatic heterocycles. The number of halogens is 1. The lowest BCUT2D eigenvalue weighted by Gasteiger charge is -2.17. The maximum absolute atomic E-state index is 12.5. The zero-order valence-corrected chi connectivity index (χ0v) is 16.6. The van der Waals surface area contributed by atoms with Crippen LogP contribution in [0.2, 0.25) is 0 Å². The van der Waals surface area contributed by atoms with Crippen LogP contribution in [0.4, 0.5) is 5.69 Å². The van der Waals surface area contributed by atoms with Gasteiger partial charge in [0.15, 0.2) is 0 Å². The fourth-order valence-corrected chi connectivity index (χ4v) is 3.07.